The first-order chi connectivity index (χ1) is 8.20. The van der Waals surface area contributed by atoms with Crippen LogP contribution in [-0.4, -0.2) is 18.6 Å². The molecule has 0 radical (unpaired) electrons. The second-order valence-electron chi connectivity index (χ2n) is 3.14. The van der Waals surface area contributed by atoms with E-state index in [2.05, 4.69) is 10.6 Å². The zero-order valence-corrected chi connectivity index (χ0v) is 14.4. The van der Waals surface area contributed by atoms with Gasteiger partial charge in [-0.2, -0.15) is 0 Å². The van der Waals surface area contributed by atoms with Gasteiger partial charge < -0.3 is 10.6 Å². The Bertz CT molecular complexity index is 230. The van der Waals surface area contributed by atoms with Crippen LogP contribution in [0.15, 0.2) is 23.4 Å². The number of alkyl halides is 1. The number of piperidine rings is 1. The van der Waals surface area contributed by atoms with Gasteiger partial charge in [0.05, 0.1) is 0 Å². The summed E-state index contributed by atoms with van der Waals surface area (Å²) in [4.78, 5) is 0. The number of hydrogen-bond donors (Lipinski definition) is 0. The van der Waals surface area contributed by atoms with Crippen molar-refractivity contribution in [2.24, 2.45) is 0 Å². The average Bonchev–Trinajstić information content (AvgIpc) is 2.33. The SMILES string of the molecule is ClC1=CC=CC[N-]1.ClC1CCCC[N-]1.[Cl][Pt+2][Cl]. The van der Waals surface area contributed by atoms with Crippen molar-refractivity contribution >= 4 is 42.0 Å². The third kappa shape index (κ3) is 13.3. The molecule has 0 aromatic heterocycles. The van der Waals surface area contributed by atoms with Gasteiger partial charge in [0.1, 0.15) is 0 Å². The Morgan fingerprint density at radius 1 is 1.29 bits per heavy atom. The van der Waals surface area contributed by atoms with Gasteiger partial charge >= 0.3 is 35.3 Å². The fraction of sp³-hybridized carbons (Fsp3) is 0.600. The molecule has 0 aromatic carbocycles. The molecule has 1 fully saturated rings. The zero-order valence-electron chi connectivity index (χ0n) is 9.07. The van der Waals surface area contributed by atoms with Crippen molar-refractivity contribution in [2.45, 2.75) is 24.8 Å². The van der Waals surface area contributed by atoms with Gasteiger partial charge in [0.15, 0.2) is 0 Å². The molecule has 0 amide bonds. The van der Waals surface area contributed by atoms with Gasteiger partial charge in [-0.1, -0.05) is 42.1 Å². The third-order valence-corrected chi connectivity index (χ3v) is 2.50. The molecular weight excluding hydrogens is 485 g/mol. The van der Waals surface area contributed by atoms with Gasteiger partial charge in [0, 0.05) is 0 Å². The van der Waals surface area contributed by atoms with E-state index in [0.717, 1.165) is 19.5 Å². The molecule has 102 valence electrons. The Labute approximate surface area is 129 Å². The monoisotopic (exact) mass is 497 g/mol. The van der Waals surface area contributed by atoms with Crippen molar-refractivity contribution in [1.82, 2.24) is 0 Å². The van der Waals surface area contributed by atoms with Gasteiger partial charge in [-0.25, -0.2) is 0 Å². The predicted octanol–water partition coefficient (Wildman–Crippen LogP) is 5.50. The summed E-state index contributed by atoms with van der Waals surface area (Å²) < 4.78 is 0. The number of halogens is 4. The molecule has 1 saturated heterocycles. The van der Waals surface area contributed by atoms with Gasteiger partial charge in [-0.05, 0) is 0 Å². The van der Waals surface area contributed by atoms with Crippen molar-refractivity contribution in [3.05, 3.63) is 34.0 Å². The topological polar surface area (TPSA) is 28.2 Å². The second-order valence-corrected chi connectivity index (χ2v) is 7.31. The zero-order chi connectivity index (χ0) is 12.9. The molecule has 0 aromatic rings. The summed E-state index contributed by atoms with van der Waals surface area (Å²) >= 11 is 10.6. The molecule has 2 aliphatic heterocycles. The van der Waals surface area contributed by atoms with Gasteiger partial charge in [0.2, 0.25) is 0 Å². The molecule has 0 aliphatic carbocycles. The van der Waals surface area contributed by atoms with Crippen LogP contribution in [0.1, 0.15) is 19.3 Å². The summed E-state index contributed by atoms with van der Waals surface area (Å²) in [5.74, 6) is 0. The maximum absolute atomic E-state index is 5.65. The van der Waals surface area contributed by atoms with Crippen LogP contribution in [0.4, 0.5) is 0 Å². The predicted molar refractivity (Wildman–Crippen MR) is 74.7 cm³/mol. The molecule has 1 unspecified atom stereocenters. The number of rotatable bonds is 0. The van der Waals surface area contributed by atoms with Crippen LogP contribution in [-0.2, 0) is 16.5 Å². The quantitative estimate of drug-likeness (QED) is 0.312. The minimum atomic E-state index is -0.472. The van der Waals surface area contributed by atoms with E-state index in [0.29, 0.717) is 5.16 Å². The fourth-order valence-electron chi connectivity index (χ4n) is 1.15. The van der Waals surface area contributed by atoms with Crippen molar-refractivity contribution in [2.75, 3.05) is 13.1 Å². The second kappa shape index (κ2) is 13.5. The first-order valence-electron chi connectivity index (χ1n) is 5.03. The van der Waals surface area contributed by atoms with E-state index in [1.807, 2.05) is 12.2 Å². The van der Waals surface area contributed by atoms with Crippen molar-refractivity contribution in [1.29, 1.82) is 0 Å². The minimum absolute atomic E-state index is 0.133. The Balaban J connectivity index is 0.000000247. The van der Waals surface area contributed by atoms with E-state index in [4.69, 9.17) is 42.0 Å². The number of allylic oxidation sites excluding steroid dienone is 2. The Kier molecular flexibility index (Phi) is 14.4. The van der Waals surface area contributed by atoms with E-state index in [-0.39, 0.29) is 5.50 Å². The molecule has 2 heterocycles. The molecule has 17 heavy (non-hydrogen) atoms. The first-order valence-corrected chi connectivity index (χ1v) is 11.5. The van der Waals surface area contributed by atoms with E-state index in [9.17, 15) is 0 Å². The van der Waals surface area contributed by atoms with Crippen LogP contribution in [0, 0.1) is 0 Å². The van der Waals surface area contributed by atoms with Crippen molar-refractivity contribution in [3.8, 4) is 0 Å². The maximum atomic E-state index is 5.65. The van der Waals surface area contributed by atoms with Gasteiger partial charge in [-0.3, -0.25) is 0 Å². The summed E-state index contributed by atoms with van der Waals surface area (Å²) in [6.07, 6.45) is 9.20. The molecule has 2 rings (SSSR count). The summed E-state index contributed by atoms with van der Waals surface area (Å²) in [6.45, 7) is 1.71. The van der Waals surface area contributed by atoms with Gasteiger partial charge in [0.25, 0.3) is 0 Å². The summed E-state index contributed by atoms with van der Waals surface area (Å²) in [7, 11) is 9.75. The molecule has 7 heteroatoms. The fourth-order valence-corrected chi connectivity index (χ4v) is 1.54. The van der Waals surface area contributed by atoms with E-state index < -0.39 is 16.5 Å². The molecule has 1 atom stereocenters. The van der Waals surface area contributed by atoms with Crippen LogP contribution >= 0.6 is 42.0 Å². The van der Waals surface area contributed by atoms with Gasteiger partial charge in [-0.15, -0.1) is 42.4 Å². The number of hydrogen-bond acceptors (Lipinski definition) is 0. The molecule has 2 nitrogen and oxygen atoms in total. The summed E-state index contributed by atoms with van der Waals surface area (Å²) in [5, 5.41) is 8.56. The normalized spacial score (nSPS) is 22.4. The standard InChI is InChI=1S/C5H9ClN.C5H5ClN.2ClH.Pt/c2*6-5-3-1-2-4-7-5;;;/h5H,1-4H2;1-3H,4H2;2*1H;/q2*-1;;;+4/p-2. The Morgan fingerprint density at radius 2 is 2.00 bits per heavy atom. The molecule has 2 aliphatic rings. The summed E-state index contributed by atoms with van der Waals surface area (Å²) in [5.41, 5.74) is 0.133. The Morgan fingerprint density at radius 3 is 2.24 bits per heavy atom. The molecule has 0 bridgehead atoms. The van der Waals surface area contributed by atoms with Crippen LogP contribution in [0.5, 0.6) is 0 Å². The molecule has 0 saturated carbocycles. The van der Waals surface area contributed by atoms with Crippen molar-refractivity contribution < 1.29 is 16.5 Å². The van der Waals surface area contributed by atoms with E-state index in [1.54, 1.807) is 6.08 Å². The van der Waals surface area contributed by atoms with E-state index in [1.165, 1.54) is 12.8 Å². The van der Waals surface area contributed by atoms with Crippen LogP contribution in [0.25, 0.3) is 10.6 Å². The van der Waals surface area contributed by atoms with Crippen molar-refractivity contribution in [3.63, 3.8) is 0 Å². The van der Waals surface area contributed by atoms with Crippen LogP contribution in [0.3, 0.4) is 0 Å². The summed E-state index contributed by atoms with van der Waals surface area (Å²) in [6, 6.07) is 0. The first kappa shape index (κ1) is 18.1. The van der Waals surface area contributed by atoms with Crippen LogP contribution < -0.4 is 0 Å². The third-order valence-electron chi connectivity index (χ3n) is 1.90. The number of nitrogens with zero attached hydrogens (tertiary/aromatic N) is 2. The molecule has 0 spiro atoms. The molecular formula is C10H14Cl4N2Pt. The van der Waals surface area contributed by atoms with Crippen LogP contribution in [0.2, 0.25) is 0 Å². The Hall–Kier alpha value is 1.09. The average molecular weight is 499 g/mol. The van der Waals surface area contributed by atoms with E-state index >= 15 is 0 Å². The molecule has 0 N–H and O–H groups in total.